The van der Waals surface area contributed by atoms with Crippen LogP contribution >= 0.6 is 0 Å². The summed E-state index contributed by atoms with van der Waals surface area (Å²) in [5.41, 5.74) is 2.99. The largest absolute Gasteiger partial charge is 0.353 e. The highest BCUT2D eigenvalue weighted by Gasteiger charge is 2.28. The van der Waals surface area contributed by atoms with Gasteiger partial charge < -0.3 is 10.2 Å². The Bertz CT molecular complexity index is 789. The number of amides is 2. The van der Waals surface area contributed by atoms with E-state index in [0.29, 0.717) is 25.4 Å². The third kappa shape index (κ3) is 4.57. The molecular weight excluding hydrogens is 336 g/mol. The van der Waals surface area contributed by atoms with Crippen LogP contribution < -0.4 is 5.32 Å². The van der Waals surface area contributed by atoms with Gasteiger partial charge in [-0.3, -0.25) is 9.59 Å². The maximum absolute atomic E-state index is 12.8. The predicted octanol–water partition coefficient (Wildman–Crippen LogP) is 3.87. The number of carbonyl (C=O) groups is 2. The van der Waals surface area contributed by atoms with E-state index in [4.69, 9.17) is 0 Å². The monoisotopic (exact) mass is 362 g/mol. The van der Waals surface area contributed by atoms with Gasteiger partial charge in [0.15, 0.2) is 0 Å². The van der Waals surface area contributed by atoms with Crippen molar-refractivity contribution in [2.45, 2.75) is 38.1 Å². The fourth-order valence-corrected chi connectivity index (χ4v) is 3.72. The number of nitrogens with zero attached hydrogens (tertiary/aromatic N) is 1. The van der Waals surface area contributed by atoms with Crippen molar-refractivity contribution in [3.8, 4) is 11.1 Å². The first-order valence-electron chi connectivity index (χ1n) is 9.93. The third-order valence-electron chi connectivity index (χ3n) is 5.56. The molecule has 2 aliphatic rings. The highest BCUT2D eigenvalue weighted by atomic mass is 16.2. The van der Waals surface area contributed by atoms with Crippen LogP contribution in [0.5, 0.6) is 0 Å². The van der Waals surface area contributed by atoms with Crippen molar-refractivity contribution in [3.05, 3.63) is 60.2 Å². The van der Waals surface area contributed by atoms with E-state index in [1.165, 1.54) is 12.8 Å². The Morgan fingerprint density at radius 2 is 1.48 bits per heavy atom. The van der Waals surface area contributed by atoms with Gasteiger partial charge in [0.25, 0.3) is 5.91 Å². The fraction of sp³-hybridized carbons (Fsp3) is 0.391. The van der Waals surface area contributed by atoms with E-state index in [1.54, 1.807) is 0 Å². The predicted molar refractivity (Wildman–Crippen MR) is 106 cm³/mol. The molecule has 0 spiro atoms. The highest BCUT2D eigenvalue weighted by Crippen LogP contribution is 2.32. The van der Waals surface area contributed by atoms with Gasteiger partial charge in [-0.1, -0.05) is 42.5 Å². The molecule has 1 aliphatic carbocycles. The third-order valence-corrected chi connectivity index (χ3v) is 5.56. The van der Waals surface area contributed by atoms with Crippen molar-refractivity contribution in [2.24, 2.45) is 5.92 Å². The molecule has 4 heteroatoms. The summed E-state index contributed by atoms with van der Waals surface area (Å²) in [6.45, 7) is 1.40. The van der Waals surface area contributed by atoms with Crippen molar-refractivity contribution >= 4 is 11.8 Å². The second-order valence-electron chi connectivity index (χ2n) is 7.72. The fourth-order valence-electron chi connectivity index (χ4n) is 3.72. The van der Waals surface area contributed by atoms with Crippen LogP contribution in [0.3, 0.4) is 0 Å². The number of nitrogens with one attached hydrogen (secondary N) is 1. The molecule has 2 amide bonds. The van der Waals surface area contributed by atoms with Crippen LogP contribution in [-0.2, 0) is 4.79 Å². The molecule has 1 saturated carbocycles. The number of likely N-dealkylation sites (tertiary alicyclic amines) is 1. The maximum atomic E-state index is 12.8. The van der Waals surface area contributed by atoms with E-state index in [9.17, 15) is 9.59 Å². The Hall–Kier alpha value is -2.62. The van der Waals surface area contributed by atoms with Gasteiger partial charge in [0.1, 0.15) is 0 Å². The number of piperidine rings is 1. The van der Waals surface area contributed by atoms with Gasteiger partial charge in [-0.15, -0.1) is 0 Å². The summed E-state index contributed by atoms with van der Waals surface area (Å²) in [4.78, 5) is 26.6. The van der Waals surface area contributed by atoms with Crippen molar-refractivity contribution in [1.82, 2.24) is 10.2 Å². The number of hydrogen-bond acceptors (Lipinski definition) is 2. The Labute approximate surface area is 160 Å². The minimum atomic E-state index is 0.0809. The van der Waals surface area contributed by atoms with Gasteiger partial charge in [-0.25, -0.2) is 0 Å². The Balaban J connectivity index is 1.30. The van der Waals surface area contributed by atoms with Crippen molar-refractivity contribution in [2.75, 3.05) is 13.1 Å². The smallest absolute Gasteiger partial charge is 0.253 e. The lowest BCUT2D eigenvalue weighted by atomic mass is 10.0. The SMILES string of the molecule is O=C(CC1CC1)NC1CCN(C(=O)c2ccc(-c3ccccc3)cc2)CC1. The normalized spacial score (nSPS) is 17.6. The average Bonchev–Trinajstić information content (AvgIpc) is 3.53. The van der Waals surface area contributed by atoms with Crippen LogP contribution in [-0.4, -0.2) is 35.8 Å². The van der Waals surface area contributed by atoms with Gasteiger partial charge in [0.2, 0.25) is 5.91 Å². The van der Waals surface area contributed by atoms with Crippen LogP contribution in [0.15, 0.2) is 54.6 Å². The van der Waals surface area contributed by atoms with Crippen molar-refractivity contribution < 1.29 is 9.59 Å². The number of benzene rings is 2. The zero-order valence-corrected chi connectivity index (χ0v) is 15.6. The molecule has 0 radical (unpaired) electrons. The quantitative estimate of drug-likeness (QED) is 0.878. The van der Waals surface area contributed by atoms with Crippen LogP contribution in [0, 0.1) is 5.92 Å². The maximum Gasteiger partial charge on any atom is 0.253 e. The van der Waals surface area contributed by atoms with Gasteiger partial charge in [0, 0.05) is 31.1 Å². The summed E-state index contributed by atoms with van der Waals surface area (Å²) in [7, 11) is 0. The van der Waals surface area contributed by atoms with E-state index >= 15 is 0 Å². The second kappa shape index (κ2) is 7.95. The first-order chi connectivity index (χ1) is 13.2. The summed E-state index contributed by atoms with van der Waals surface area (Å²) in [6, 6.07) is 18.2. The number of rotatable bonds is 5. The Morgan fingerprint density at radius 3 is 2.11 bits per heavy atom. The zero-order chi connectivity index (χ0) is 18.6. The highest BCUT2D eigenvalue weighted by molar-refractivity contribution is 5.94. The molecule has 1 N–H and O–H groups in total. The number of hydrogen-bond donors (Lipinski definition) is 1. The van der Waals surface area contributed by atoms with Crippen molar-refractivity contribution in [1.29, 1.82) is 0 Å². The van der Waals surface area contributed by atoms with Crippen LogP contribution in [0.4, 0.5) is 0 Å². The summed E-state index contributed by atoms with van der Waals surface area (Å²) < 4.78 is 0. The lowest BCUT2D eigenvalue weighted by Crippen LogP contribution is -2.46. The molecule has 1 saturated heterocycles. The minimum absolute atomic E-state index is 0.0809. The Kier molecular flexibility index (Phi) is 5.23. The van der Waals surface area contributed by atoms with Gasteiger partial charge in [-0.2, -0.15) is 0 Å². The molecule has 4 nitrogen and oxygen atoms in total. The lowest BCUT2D eigenvalue weighted by Gasteiger charge is -2.32. The summed E-state index contributed by atoms with van der Waals surface area (Å²) in [5, 5.41) is 3.14. The molecule has 2 aromatic rings. The van der Waals surface area contributed by atoms with E-state index < -0.39 is 0 Å². The lowest BCUT2D eigenvalue weighted by molar-refractivity contribution is -0.122. The summed E-state index contributed by atoms with van der Waals surface area (Å²) in [5.74, 6) is 0.877. The van der Waals surface area contributed by atoms with Gasteiger partial charge >= 0.3 is 0 Å². The first-order valence-corrected chi connectivity index (χ1v) is 9.93. The molecular formula is C23H26N2O2. The van der Waals surface area contributed by atoms with Crippen LogP contribution in [0.2, 0.25) is 0 Å². The van der Waals surface area contributed by atoms with Crippen LogP contribution in [0.1, 0.15) is 42.5 Å². The minimum Gasteiger partial charge on any atom is -0.353 e. The molecule has 140 valence electrons. The molecule has 2 aromatic carbocycles. The molecule has 0 unspecified atom stereocenters. The van der Waals surface area contributed by atoms with Gasteiger partial charge in [-0.05, 0) is 54.9 Å². The van der Waals surface area contributed by atoms with Gasteiger partial charge in [0.05, 0.1) is 0 Å². The molecule has 1 heterocycles. The molecule has 4 rings (SSSR count). The summed E-state index contributed by atoms with van der Waals surface area (Å²) >= 11 is 0. The van der Waals surface area contributed by atoms with E-state index in [0.717, 1.165) is 29.5 Å². The van der Waals surface area contributed by atoms with Crippen molar-refractivity contribution in [3.63, 3.8) is 0 Å². The Morgan fingerprint density at radius 1 is 0.852 bits per heavy atom. The molecule has 0 aromatic heterocycles. The standard InChI is InChI=1S/C23H26N2O2/c26-22(16-17-6-7-17)24-21-12-14-25(15-13-21)23(27)20-10-8-19(9-11-20)18-4-2-1-3-5-18/h1-5,8-11,17,21H,6-7,12-16H2,(H,24,26). The molecule has 1 aliphatic heterocycles. The second-order valence-corrected chi connectivity index (χ2v) is 7.72. The van der Waals surface area contributed by atoms with Crippen LogP contribution in [0.25, 0.3) is 11.1 Å². The molecule has 27 heavy (non-hydrogen) atoms. The zero-order valence-electron chi connectivity index (χ0n) is 15.6. The molecule has 0 atom stereocenters. The first kappa shape index (κ1) is 17.8. The van der Waals surface area contributed by atoms with E-state index in [1.807, 2.05) is 47.4 Å². The average molecular weight is 362 g/mol. The topological polar surface area (TPSA) is 49.4 Å². The number of carbonyl (C=O) groups excluding carboxylic acids is 2. The molecule has 2 fully saturated rings. The van der Waals surface area contributed by atoms with E-state index in [2.05, 4.69) is 17.4 Å². The van der Waals surface area contributed by atoms with E-state index in [-0.39, 0.29) is 17.9 Å². The summed E-state index contributed by atoms with van der Waals surface area (Å²) in [6.07, 6.45) is 4.74. The molecule has 0 bridgehead atoms.